The fraction of sp³-hybridized carbons (Fsp3) is 0.600. The van der Waals surface area contributed by atoms with Crippen LogP contribution in [0.1, 0.15) is 19.8 Å². The summed E-state index contributed by atoms with van der Waals surface area (Å²) in [6.07, 6.45) is 2.39. The van der Waals surface area contributed by atoms with Crippen molar-refractivity contribution < 1.29 is 14.7 Å². The fourth-order valence-corrected chi connectivity index (χ4v) is 1.07. The molecule has 1 atom stereocenters. The third-order valence-electron chi connectivity index (χ3n) is 2.00. The van der Waals surface area contributed by atoms with Crippen LogP contribution >= 0.6 is 0 Å². The lowest BCUT2D eigenvalue weighted by Crippen LogP contribution is -2.38. The standard InChI is InChI=1S/C10H18N2O3/c1-3-5-11-10(15)12-7-8(4-2)6-9(13)14/h3,8H,1,4-7H2,2H3,(H,13,14)(H2,11,12,15). The molecule has 0 saturated carbocycles. The Morgan fingerprint density at radius 1 is 1.47 bits per heavy atom. The van der Waals surface area contributed by atoms with Crippen LogP contribution in [-0.2, 0) is 4.79 Å². The van der Waals surface area contributed by atoms with Crippen molar-refractivity contribution in [3.63, 3.8) is 0 Å². The second-order valence-electron chi connectivity index (χ2n) is 3.25. The fourth-order valence-electron chi connectivity index (χ4n) is 1.07. The second-order valence-corrected chi connectivity index (χ2v) is 3.25. The third kappa shape index (κ3) is 7.54. The lowest BCUT2D eigenvalue weighted by Gasteiger charge is -2.13. The van der Waals surface area contributed by atoms with Crippen molar-refractivity contribution in [1.82, 2.24) is 10.6 Å². The van der Waals surface area contributed by atoms with Crippen molar-refractivity contribution in [2.75, 3.05) is 13.1 Å². The molecule has 86 valence electrons. The molecule has 0 aliphatic carbocycles. The van der Waals surface area contributed by atoms with Crippen LogP contribution in [0, 0.1) is 5.92 Å². The van der Waals surface area contributed by atoms with Gasteiger partial charge < -0.3 is 15.7 Å². The smallest absolute Gasteiger partial charge is 0.315 e. The monoisotopic (exact) mass is 214 g/mol. The van der Waals surface area contributed by atoms with Crippen molar-refractivity contribution in [3.05, 3.63) is 12.7 Å². The van der Waals surface area contributed by atoms with E-state index in [4.69, 9.17) is 5.11 Å². The van der Waals surface area contributed by atoms with E-state index < -0.39 is 5.97 Å². The first kappa shape index (κ1) is 13.5. The highest BCUT2D eigenvalue weighted by atomic mass is 16.4. The van der Waals surface area contributed by atoms with Crippen LogP contribution in [0.2, 0.25) is 0 Å². The maximum atomic E-state index is 11.1. The average Bonchev–Trinajstić information content (AvgIpc) is 2.20. The summed E-state index contributed by atoms with van der Waals surface area (Å²) in [5.41, 5.74) is 0. The van der Waals surface area contributed by atoms with Crippen molar-refractivity contribution in [2.24, 2.45) is 5.92 Å². The van der Waals surface area contributed by atoms with E-state index in [0.717, 1.165) is 6.42 Å². The van der Waals surface area contributed by atoms with Crippen LogP contribution in [0.15, 0.2) is 12.7 Å². The molecule has 5 heteroatoms. The van der Waals surface area contributed by atoms with Crippen LogP contribution in [0.5, 0.6) is 0 Å². The highest BCUT2D eigenvalue weighted by molar-refractivity contribution is 5.74. The summed E-state index contributed by atoms with van der Waals surface area (Å²) in [6.45, 7) is 6.15. The Hall–Kier alpha value is -1.52. The quantitative estimate of drug-likeness (QED) is 0.552. The molecule has 0 fully saturated rings. The molecule has 0 spiro atoms. The van der Waals surface area contributed by atoms with Gasteiger partial charge in [0.05, 0.1) is 0 Å². The SMILES string of the molecule is C=CCNC(=O)NCC(CC)CC(=O)O. The van der Waals surface area contributed by atoms with Gasteiger partial charge in [-0.05, 0) is 5.92 Å². The number of carbonyl (C=O) groups excluding carboxylic acids is 1. The summed E-state index contributed by atoms with van der Waals surface area (Å²) in [4.78, 5) is 21.5. The van der Waals surface area contributed by atoms with Crippen molar-refractivity contribution in [2.45, 2.75) is 19.8 Å². The molecule has 15 heavy (non-hydrogen) atoms. The largest absolute Gasteiger partial charge is 0.481 e. The number of carboxylic acids is 1. The molecule has 0 bridgehead atoms. The molecule has 0 rings (SSSR count). The highest BCUT2D eigenvalue weighted by Gasteiger charge is 2.11. The summed E-state index contributed by atoms with van der Waals surface area (Å²) in [5.74, 6) is -0.855. The molecule has 0 saturated heterocycles. The van der Waals surface area contributed by atoms with Crippen LogP contribution in [0.25, 0.3) is 0 Å². The number of hydrogen-bond donors (Lipinski definition) is 3. The van der Waals surface area contributed by atoms with Gasteiger partial charge in [0.2, 0.25) is 0 Å². The number of amides is 2. The van der Waals surface area contributed by atoms with Gasteiger partial charge in [0.15, 0.2) is 0 Å². The predicted octanol–water partition coefficient (Wildman–Crippen LogP) is 0.972. The van der Waals surface area contributed by atoms with Gasteiger partial charge >= 0.3 is 12.0 Å². The zero-order chi connectivity index (χ0) is 11.7. The summed E-state index contributed by atoms with van der Waals surface area (Å²) < 4.78 is 0. The Bertz CT molecular complexity index is 229. The number of hydrogen-bond acceptors (Lipinski definition) is 2. The van der Waals surface area contributed by atoms with Gasteiger partial charge in [0.1, 0.15) is 0 Å². The summed E-state index contributed by atoms with van der Waals surface area (Å²) in [7, 11) is 0. The minimum absolute atomic E-state index is 0.0167. The van der Waals surface area contributed by atoms with Crippen LogP contribution in [0.3, 0.4) is 0 Å². The number of urea groups is 1. The van der Waals surface area contributed by atoms with Crippen LogP contribution < -0.4 is 10.6 Å². The molecule has 0 heterocycles. The second kappa shape index (κ2) is 7.84. The normalized spacial score (nSPS) is 11.5. The van der Waals surface area contributed by atoms with Gasteiger partial charge in [0.25, 0.3) is 0 Å². The maximum Gasteiger partial charge on any atom is 0.315 e. The maximum absolute atomic E-state index is 11.1. The molecule has 0 aliphatic rings. The predicted molar refractivity (Wildman–Crippen MR) is 57.6 cm³/mol. The number of aliphatic carboxylic acids is 1. The van der Waals surface area contributed by atoms with Gasteiger partial charge in [0, 0.05) is 19.5 Å². The zero-order valence-electron chi connectivity index (χ0n) is 8.95. The minimum atomic E-state index is -0.838. The van der Waals surface area contributed by atoms with E-state index in [1.54, 1.807) is 6.08 Å². The molecule has 0 radical (unpaired) electrons. The summed E-state index contributed by atoms with van der Waals surface area (Å²) >= 11 is 0. The molecule has 0 aromatic carbocycles. The third-order valence-corrected chi connectivity index (χ3v) is 2.00. The number of nitrogens with one attached hydrogen (secondary N) is 2. The first-order valence-corrected chi connectivity index (χ1v) is 4.94. The summed E-state index contributed by atoms with van der Waals surface area (Å²) in [5, 5.41) is 13.7. The van der Waals surface area contributed by atoms with Gasteiger partial charge in [-0.1, -0.05) is 19.4 Å². The van der Waals surface area contributed by atoms with E-state index >= 15 is 0 Å². The van der Waals surface area contributed by atoms with E-state index in [-0.39, 0.29) is 18.4 Å². The molecule has 2 amide bonds. The van der Waals surface area contributed by atoms with Crippen molar-refractivity contribution >= 4 is 12.0 Å². The molecule has 3 N–H and O–H groups in total. The molecule has 0 aromatic rings. The molecular formula is C10H18N2O3. The highest BCUT2D eigenvalue weighted by Crippen LogP contribution is 2.06. The first-order valence-electron chi connectivity index (χ1n) is 4.94. The zero-order valence-corrected chi connectivity index (χ0v) is 8.95. The van der Waals surface area contributed by atoms with Gasteiger partial charge in [-0.2, -0.15) is 0 Å². The topological polar surface area (TPSA) is 78.4 Å². The Morgan fingerprint density at radius 2 is 2.13 bits per heavy atom. The Morgan fingerprint density at radius 3 is 2.60 bits per heavy atom. The van der Waals surface area contributed by atoms with Gasteiger partial charge in [-0.15, -0.1) is 6.58 Å². The molecule has 5 nitrogen and oxygen atoms in total. The number of carbonyl (C=O) groups is 2. The van der Waals surface area contributed by atoms with E-state index in [9.17, 15) is 9.59 Å². The molecular weight excluding hydrogens is 196 g/mol. The van der Waals surface area contributed by atoms with Crippen LogP contribution in [0.4, 0.5) is 4.79 Å². The minimum Gasteiger partial charge on any atom is -0.481 e. The number of carboxylic acid groups (broad SMARTS) is 1. The van der Waals surface area contributed by atoms with Crippen LogP contribution in [-0.4, -0.2) is 30.2 Å². The van der Waals surface area contributed by atoms with Crippen molar-refractivity contribution in [3.8, 4) is 0 Å². The Kier molecular flexibility index (Phi) is 7.05. The summed E-state index contributed by atoms with van der Waals surface area (Å²) in [6, 6.07) is -0.293. The molecule has 1 unspecified atom stereocenters. The first-order chi connectivity index (χ1) is 7.10. The van der Waals surface area contributed by atoms with E-state index in [1.165, 1.54) is 0 Å². The number of rotatable bonds is 7. The molecule has 0 aromatic heterocycles. The van der Waals surface area contributed by atoms with Crippen molar-refractivity contribution in [1.29, 1.82) is 0 Å². The average molecular weight is 214 g/mol. The lowest BCUT2D eigenvalue weighted by molar-refractivity contribution is -0.138. The Balaban J connectivity index is 3.74. The van der Waals surface area contributed by atoms with Gasteiger partial charge in [-0.3, -0.25) is 4.79 Å². The van der Waals surface area contributed by atoms with E-state index in [1.807, 2.05) is 6.92 Å². The Labute approximate surface area is 89.6 Å². The van der Waals surface area contributed by atoms with Gasteiger partial charge in [-0.25, -0.2) is 4.79 Å². The lowest BCUT2D eigenvalue weighted by atomic mass is 10.0. The molecule has 0 aliphatic heterocycles. The van der Waals surface area contributed by atoms with E-state index in [0.29, 0.717) is 13.1 Å². The van der Waals surface area contributed by atoms with E-state index in [2.05, 4.69) is 17.2 Å².